The van der Waals surface area contributed by atoms with Crippen LogP contribution >= 0.6 is 0 Å². The Morgan fingerprint density at radius 3 is 1.80 bits per heavy atom. The third kappa shape index (κ3) is 1.12. The molecule has 2 nitrogen and oxygen atoms in total. The van der Waals surface area contributed by atoms with E-state index in [0.29, 0.717) is 11.8 Å². The summed E-state index contributed by atoms with van der Waals surface area (Å²) in [5.41, 5.74) is 2.82. The van der Waals surface area contributed by atoms with Crippen LogP contribution in [0.1, 0.15) is 29.4 Å². The summed E-state index contributed by atoms with van der Waals surface area (Å²) < 4.78 is 0. The number of rotatable bonds is 2. The largest absolute Gasteiger partial charge is 0.396 e. The molecular formula is C13H16O2. The van der Waals surface area contributed by atoms with Crippen LogP contribution in [0.2, 0.25) is 0 Å². The van der Waals surface area contributed by atoms with Gasteiger partial charge in [0.2, 0.25) is 0 Å². The van der Waals surface area contributed by atoms with E-state index in [0.717, 1.165) is 6.42 Å². The van der Waals surface area contributed by atoms with Crippen LogP contribution in [0.4, 0.5) is 0 Å². The molecule has 1 aromatic carbocycles. The third-order valence-corrected chi connectivity index (χ3v) is 4.31. The minimum atomic E-state index is 0.209. The molecule has 0 aliphatic heterocycles. The summed E-state index contributed by atoms with van der Waals surface area (Å²) in [4.78, 5) is 0. The molecule has 15 heavy (non-hydrogen) atoms. The highest BCUT2D eigenvalue weighted by Crippen LogP contribution is 2.58. The molecule has 0 heterocycles. The molecule has 1 aromatic rings. The van der Waals surface area contributed by atoms with Crippen molar-refractivity contribution in [1.82, 2.24) is 0 Å². The van der Waals surface area contributed by atoms with Crippen LogP contribution in [-0.2, 0) is 0 Å². The first-order chi connectivity index (χ1) is 7.36. The lowest BCUT2D eigenvalue weighted by atomic mass is 9.76. The Kier molecular flexibility index (Phi) is 2.08. The van der Waals surface area contributed by atoms with Crippen molar-refractivity contribution in [3.05, 3.63) is 35.4 Å². The van der Waals surface area contributed by atoms with Crippen molar-refractivity contribution in [2.75, 3.05) is 13.2 Å². The van der Waals surface area contributed by atoms with Gasteiger partial charge in [-0.25, -0.2) is 0 Å². The molecule has 0 unspecified atom stereocenters. The minimum Gasteiger partial charge on any atom is -0.396 e. The lowest BCUT2D eigenvalue weighted by Gasteiger charge is -2.30. The van der Waals surface area contributed by atoms with Crippen LogP contribution in [0.5, 0.6) is 0 Å². The summed E-state index contributed by atoms with van der Waals surface area (Å²) >= 11 is 0. The Morgan fingerprint density at radius 1 is 0.933 bits per heavy atom. The molecule has 1 fully saturated rings. The fraction of sp³-hybridized carbons (Fsp3) is 0.538. The lowest BCUT2D eigenvalue weighted by Crippen LogP contribution is -2.27. The van der Waals surface area contributed by atoms with Crippen molar-refractivity contribution in [3.8, 4) is 0 Å². The summed E-state index contributed by atoms with van der Waals surface area (Å²) in [6.07, 6.45) is 1.12. The minimum absolute atomic E-state index is 0.209. The number of fused-ring (bicyclic) bond motifs is 5. The fourth-order valence-corrected chi connectivity index (χ4v) is 3.65. The van der Waals surface area contributed by atoms with Gasteiger partial charge in [0.25, 0.3) is 0 Å². The molecule has 0 amide bonds. The standard InChI is InChI=1S/C13H16O2/c14-6-12-10-5-11(13(12)7-15)9-4-2-1-3-8(9)10/h1-4,10-15H,5-7H2/t10-,11-,12+,13+/m0/s1. The van der Waals surface area contributed by atoms with Crippen molar-refractivity contribution in [1.29, 1.82) is 0 Å². The lowest BCUT2D eigenvalue weighted by molar-refractivity contribution is 0.120. The molecule has 2 aliphatic rings. The van der Waals surface area contributed by atoms with E-state index in [9.17, 15) is 10.2 Å². The van der Waals surface area contributed by atoms with Crippen LogP contribution in [0.3, 0.4) is 0 Å². The van der Waals surface area contributed by atoms with Crippen molar-refractivity contribution in [2.24, 2.45) is 11.8 Å². The molecule has 3 rings (SSSR count). The van der Waals surface area contributed by atoms with E-state index in [4.69, 9.17) is 0 Å². The number of aliphatic hydroxyl groups excluding tert-OH is 2. The number of aliphatic hydroxyl groups is 2. The van der Waals surface area contributed by atoms with Gasteiger partial charge in [0.1, 0.15) is 0 Å². The summed E-state index contributed by atoms with van der Waals surface area (Å²) in [5.74, 6) is 1.51. The second-order valence-electron chi connectivity index (χ2n) is 4.77. The molecule has 80 valence electrons. The van der Waals surface area contributed by atoms with Gasteiger partial charge in [-0.05, 0) is 41.2 Å². The summed E-state index contributed by atoms with van der Waals surface area (Å²) in [6.45, 7) is 0.418. The highest BCUT2D eigenvalue weighted by molar-refractivity contribution is 5.43. The van der Waals surface area contributed by atoms with Gasteiger partial charge in [0.05, 0.1) is 0 Å². The average molecular weight is 204 g/mol. The molecular weight excluding hydrogens is 188 g/mol. The van der Waals surface area contributed by atoms with Gasteiger partial charge in [-0.2, -0.15) is 0 Å². The van der Waals surface area contributed by atoms with Crippen LogP contribution in [0.15, 0.2) is 24.3 Å². The van der Waals surface area contributed by atoms with E-state index in [1.165, 1.54) is 11.1 Å². The first-order valence-corrected chi connectivity index (χ1v) is 5.67. The molecule has 0 spiro atoms. The Bertz CT molecular complexity index is 340. The van der Waals surface area contributed by atoms with E-state index >= 15 is 0 Å². The molecule has 2 heteroatoms. The highest BCUT2D eigenvalue weighted by Gasteiger charge is 2.49. The summed E-state index contributed by atoms with van der Waals surface area (Å²) in [6, 6.07) is 8.50. The average Bonchev–Trinajstić information content (AvgIpc) is 2.84. The molecule has 0 radical (unpaired) electrons. The van der Waals surface area contributed by atoms with Gasteiger partial charge >= 0.3 is 0 Å². The molecule has 1 saturated carbocycles. The Labute approximate surface area is 89.6 Å². The van der Waals surface area contributed by atoms with Crippen LogP contribution < -0.4 is 0 Å². The van der Waals surface area contributed by atoms with E-state index in [1.54, 1.807) is 0 Å². The Balaban J connectivity index is 2.05. The van der Waals surface area contributed by atoms with Crippen LogP contribution in [0.25, 0.3) is 0 Å². The van der Waals surface area contributed by atoms with Crippen molar-refractivity contribution < 1.29 is 10.2 Å². The topological polar surface area (TPSA) is 40.5 Å². The van der Waals surface area contributed by atoms with E-state index < -0.39 is 0 Å². The van der Waals surface area contributed by atoms with Crippen molar-refractivity contribution >= 4 is 0 Å². The zero-order valence-corrected chi connectivity index (χ0v) is 8.63. The van der Waals surface area contributed by atoms with E-state index in [2.05, 4.69) is 24.3 Å². The number of hydrogen-bond acceptors (Lipinski definition) is 2. The number of hydrogen-bond donors (Lipinski definition) is 2. The van der Waals surface area contributed by atoms with E-state index in [1.807, 2.05) is 0 Å². The fourth-order valence-electron chi connectivity index (χ4n) is 3.65. The van der Waals surface area contributed by atoms with Crippen LogP contribution in [-0.4, -0.2) is 23.4 Å². The molecule has 2 bridgehead atoms. The van der Waals surface area contributed by atoms with Gasteiger partial charge in [0, 0.05) is 13.2 Å². The summed E-state index contributed by atoms with van der Waals surface area (Å²) in [5, 5.41) is 18.8. The molecule has 2 N–H and O–H groups in total. The molecule has 0 saturated heterocycles. The van der Waals surface area contributed by atoms with Crippen LogP contribution in [0, 0.1) is 11.8 Å². The predicted molar refractivity (Wildman–Crippen MR) is 57.7 cm³/mol. The maximum atomic E-state index is 9.40. The highest BCUT2D eigenvalue weighted by atomic mass is 16.3. The molecule has 4 atom stereocenters. The van der Waals surface area contributed by atoms with Gasteiger partial charge < -0.3 is 10.2 Å². The van der Waals surface area contributed by atoms with E-state index in [-0.39, 0.29) is 25.0 Å². The second kappa shape index (κ2) is 3.32. The normalized spacial score (nSPS) is 36.9. The zero-order chi connectivity index (χ0) is 10.4. The van der Waals surface area contributed by atoms with Crippen molar-refractivity contribution in [2.45, 2.75) is 18.3 Å². The number of benzene rings is 1. The maximum absolute atomic E-state index is 9.40. The first kappa shape index (κ1) is 9.37. The van der Waals surface area contributed by atoms with Gasteiger partial charge in [0.15, 0.2) is 0 Å². The monoisotopic (exact) mass is 204 g/mol. The second-order valence-corrected chi connectivity index (χ2v) is 4.77. The van der Waals surface area contributed by atoms with Crippen molar-refractivity contribution in [3.63, 3.8) is 0 Å². The molecule has 2 aliphatic carbocycles. The van der Waals surface area contributed by atoms with Gasteiger partial charge in [-0.3, -0.25) is 0 Å². The van der Waals surface area contributed by atoms with Gasteiger partial charge in [-0.1, -0.05) is 24.3 Å². The molecule has 0 aromatic heterocycles. The summed E-state index contributed by atoms with van der Waals surface area (Å²) in [7, 11) is 0. The Morgan fingerprint density at radius 2 is 1.40 bits per heavy atom. The maximum Gasteiger partial charge on any atom is 0.0468 e. The zero-order valence-electron chi connectivity index (χ0n) is 8.63. The Hall–Kier alpha value is -0.860. The SMILES string of the molecule is OC[C@H]1[C@H](CO)[C@H]2C[C@H]1c1ccccc12. The first-order valence-electron chi connectivity index (χ1n) is 5.67. The van der Waals surface area contributed by atoms with Gasteiger partial charge in [-0.15, -0.1) is 0 Å². The smallest absolute Gasteiger partial charge is 0.0468 e. The predicted octanol–water partition coefficient (Wildman–Crippen LogP) is 1.49. The third-order valence-electron chi connectivity index (χ3n) is 4.31. The quantitative estimate of drug-likeness (QED) is 0.766.